The number of carboxylic acid groups (broad SMARTS) is 1. The maximum absolute atomic E-state index is 11.7. The number of benzene rings is 2. The van der Waals surface area contributed by atoms with Crippen LogP contribution in [0.3, 0.4) is 0 Å². The molecule has 1 aliphatic rings. The molecule has 1 aliphatic heterocycles. The lowest BCUT2D eigenvalue weighted by molar-refractivity contribution is -0.130. The average molecular weight is 383 g/mol. The lowest BCUT2D eigenvalue weighted by Gasteiger charge is -2.26. The molecule has 3 rings (SSSR count). The van der Waals surface area contributed by atoms with Crippen molar-refractivity contribution in [3.8, 4) is 11.5 Å². The minimum atomic E-state index is -0.975. The first-order chi connectivity index (χ1) is 13.7. The van der Waals surface area contributed by atoms with Crippen LogP contribution in [0.2, 0.25) is 0 Å². The fourth-order valence-corrected chi connectivity index (χ4v) is 3.06. The summed E-state index contributed by atoms with van der Waals surface area (Å²) in [5, 5.41) is 9.60. The summed E-state index contributed by atoms with van der Waals surface area (Å²) in [7, 11) is 1.59. The third-order valence-electron chi connectivity index (χ3n) is 4.58. The largest absolute Gasteiger partial charge is 0.493 e. The van der Waals surface area contributed by atoms with Gasteiger partial charge in [-0.15, -0.1) is 0 Å². The van der Waals surface area contributed by atoms with E-state index in [1.165, 1.54) is 0 Å². The van der Waals surface area contributed by atoms with Gasteiger partial charge in [0, 0.05) is 19.6 Å². The predicted octanol–water partition coefficient (Wildman–Crippen LogP) is 3.03. The van der Waals surface area contributed by atoms with Crippen molar-refractivity contribution in [2.75, 3.05) is 46.6 Å². The zero-order chi connectivity index (χ0) is 19.8. The Balaban J connectivity index is 1.76. The van der Waals surface area contributed by atoms with E-state index in [0.717, 1.165) is 38.4 Å². The van der Waals surface area contributed by atoms with Crippen molar-refractivity contribution in [3.05, 3.63) is 59.7 Å². The number of hydrogen-bond donors (Lipinski definition) is 1. The summed E-state index contributed by atoms with van der Waals surface area (Å²) in [6.07, 6.45) is 1.64. The maximum Gasteiger partial charge on any atom is 0.336 e. The van der Waals surface area contributed by atoms with Crippen molar-refractivity contribution in [3.63, 3.8) is 0 Å². The molecular formula is C22H25NO5. The number of aliphatic carboxylic acids is 1. The van der Waals surface area contributed by atoms with Crippen molar-refractivity contribution >= 4 is 17.6 Å². The van der Waals surface area contributed by atoms with Gasteiger partial charge in [0.25, 0.3) is 0 Å². The molecule has 2 aromatic rings. The van der Waals surface area contributed by atoms with E-state index in [4.69, 9.17) is 14.2 Å². The Bertz CT molecular complexity index is 813. The molecule has 0 atom stereocenters. The average Bonchev–Trinajstić information content (AvgIpc) is 2.73. The van der Waals surface area contributed by atoms with Crippen LogP contribution < -0.4 is 9.47 Å². The molecule has 0 saturated carbocycles. The van der Waals surface area contributed by atoms with E-state index >= 15 is 0 Å². The molecule has 1 fully saturated rings. The van der Waals surface area contributed by atoms with E-state index in [1.54, 1.807) is 31.4 Å². The molecule has 0 aromatic heterocycles. The van der Waals surface area contributed by atoms with Crippen molar-refractivity contribution in [1.29, 1.82) is 0 Å². The van der Waals surface area contributed by atoms with Crippen LogP contribution in [0, 0.1) is 0 Å². The standard InChI is InChI=1S/C22H25NO5/c1-26-20-8-7-17(15-19(22(24)25)18-5-3-2-4-6-18)16-21(20)28-14-11-23-9-12-27-13-10-23/h2-8,15-16H,9-14H2,1H3,(H,24,25)/b19-15-. The molecule has 6 heteroatoms. The van der Waals surface area contributed by atoms with Crippen LogP contribution in [0.4, 0.5) is 0 Å². The van der Waals surface area contributed by atoms with E-state index < -0.39 is 5.97 Å². The molecule has 0 unspecified atom stereocenters. The third kappa shape index (κ3) is 5.34. The number of carboxylic acids is 1. The molecule has 0 bridgehead atoms. The summed E-state index contributed by atoms with van der Waals surface area (Å²) in [5.74, 6) is 0.245. The number of nitrogens with zero attached hydrogens (tertiary/aromatic N) is 1. The van der Waals surface area contributed by atoms with Crippen LogP contribution in [0.5, 0.6) is 11.5 Å². The molecule has 148 valence electrons. The first-order valence-electron chi connectivity index (χ1n) is 9.29. The highest BCUT2D eigenvalue weighted by atomic mass is 16.5. The summed E-state index contributed by atoms with van der Waals surface area (Å²) in [4.78, 5) is 14.0. The molecule has 1 heterocycles. The van der Waals surface area contributed by atoms with Gasteiger partial charge in [-0.05, 0) is 29.3 Å². The Morgan fingerprint density at radius 3 is 2.57 bits per heavy atom. The number of morpholine rings is 1. The molecule has 1 N–H and O–H groups in total. The normalized spacial score (nSPS) is 15.2. The number of hydrogen-bond acceptors (Lipinski definition) is 5. The smallest absolute Gasteiger partial charge is 0.336 e. The van der Waals surface area contributed by atoms with Gasteiger partial charge in [0.15, 0.2) is 11.5 Å². The number of rotatable bonds is 8. The van der Waals surface area contributed by atoms with Gasteiger partial charge >= 0.3 is 5.97 Å². The molecule has 28 heavy (non-hydrogen) atoms. The van der Waals surface area contributed by atoms with Gasteiger partial charge < -0.3 is 19.3 Å². The molecule has 2 aromatic carbocycles. The minimum absolute atomic E-state index is 0.227. The van der Waals surface area contributed by atoms with Gasteiger partial charge in [0.1, 0.15) is 6.61 Å². The Morgan fingerprint density at radius 1 is 1.14 bits per heavy atom. The Hall–Kier alpha value is -2.83. The van der Waals surface area contributed by atoms with Crippen molar-refractivity contribution in [2.24, 2.45) is 0 Å². The zero-order valence-electron chi connectivity index (χ0n) is 16.0. The van der Waals surface area contributed by atoms with Gasteiger partial charge in [-0.3, -0.25) is 4.90 Å². The van der Waals surface area contributed by atoms with E-state index in [1.807, 2.05) is 30.3 Å². The van der Waals surface area contributed by atoms with E-state index in [-0.39, 0.29) is 5.57 Å². The summed E-state index contributed by atoms with van der Waals surface area (Å²) >= 11 is 0. The van der Waals surface area contributed by atoms with E-state index in [2.05, 4.69) is 4.90 Å². The first kappa shape index (κ1) is 19.9. The predicted molar refractivity (Wildman–Crippen MR) is 108 cm³/mol. The Morgan fingerprint density at radius 2 is 1.89 bits per heavy atom. The van der Waals surface area contributed by atoms with Crippen LogP contribution in [0.1, 0.15) is 11.1 Å². The van der Waals surface area contributed by atoms with Gasteiger partial charge in [-0.2, -0.15) is 0 Å². The number of carbonyl (C=O) groups is 1. The minimum Gasteiger partial charge on any atom is -0.493 e. The highest BCUT2D eigenvalue weighted by Crippen LogP contribution is 2.30. The first-order valence-corrected chi connectivity index (χ1v) is 9.29. The Labute approximate surface area is 164 Å². The van der Waals surface area contributed by atoms with Crippen LogP contribution in [0.25, 0.3) is 11.6 Å². The second kappa shape index (κ2) is 9.92. The van der Waals surface area contributed by atoms with Crippen molar-refractivity contribution < 1.29 is 24.1 Å². The molecule has 0 spiro atoms. The van der Waals surface area contributed by atoms with Crippen molar-refractivity contribution in [2.45, 2.75) is 0 Å². The second-order valence-electron chi connectivity index (χ2n) is 6.44. The maximum atomic E-state index is 11.7. The summed E-state index contributed by atoms with van der Waals surface area (Å²) in [6, 6.07) is 14.5. The van der Waals surface area contributed by atoms with Gasteiger partial charge in [-0.25, -0.2) is 4.79 Å². The van der Waals surface area contributed by atoms with Gasteiger partial charge in [-0.1, -0.05) is 36.4 Å². The quantitative estimate of drug-likeness (QED) is 0.558. The lowest BCUT2D eigenvalue weighted by Crippen LogP contribution is -2.38. The highest BCUT2D eigenvalue weighted by molar-refractivity contribution is 6.20. The monoisotopic (exact) mass is 383 g/mol. The molecule has 6 nitrogen and oxygen atoms in total. The second-order valence-corrected chi connectivity index (χ2v) is 6.44. The van der Waals surface area contributed by atoms with Crippen LogP contribution in [0.15, 0.2) is 48.5 Å². The summed E-state index contributed by atoms with van der Waals surface area (Å²) < 4.78 is 16.7. The van der Waals surface area contributed by atoms with E-state index in [0.29, 0.717) is 23.7 Å². The molecule has 0 radical (unpaired) electrons. The fraction of sp³-hybridized carbons (Fsp3) is 0.318. The van der Waals surface area contributed by atoms with E-state index in [9.17, 15) is 9.90 Å². The van der Waals surface area contributed by atoms with Crippen molar-refractivity contribution in [1.82, 2.24) is 4.90 Å². The third-order valence-corrected chi connectivity index (χ3v) is 4.58. The highest BCUT2D eigenvalue weighted by Gasteiger charge is 2.13. The zero-order valence-corrected chi connectivity index (χ0v) is 16.0. The van der Waals surface area contributed by atoms with Crippen LogP contribution in [-0.2, 0) is 9.53 Å². The summed E-state index contributed by atoms with van der Waals surface area (Å²) in [6.45, 7) is 4.64. The van der Waals surface area contributed by atoms with Crippen LogP contribution >= 0.6 is 0 Å². The number of methoxy groups -OCH3 is 1. The molecular weight excluding hydrogens is 358 g/mol. The topological polar surface area (TPSA) is 68.2 Å². The lowest BCUT2D eigenvalue weighted by atomic mass is 10.0. The SMILES string of the molecule is COc1ccc(/C=C(\C(=O)O)c2ccccc2)cc1OCCN1CCOCC1. The number of ether oxygens (including phenoxy) is 3. The molecule has 0 amide bonds. The Kier molecular flexibility index (Phi) is 7.06. The molecule has 0 aliphatic carbocycles. The summed E-state index contributed by atoms with van der Waals surface area (Å²) in [5.41, 5.74) is 1.62. The molecule has 1 saturated heterocycles. The fourth-order valence-electron chi connectivity index (χ4n) is 3.06. The van der Waals surface area contributed by atoms with Gasteiger partial charge in [0.05, 0.1) is 25.9 Å². The van der Waals surface area contributed by atoms with Gasteiger partial charge in [0.2, 0.25) is 0 Å². The van der Waals surface area contributed by atoms with Crippen LogP contribution in [-0.4, -0.2) is 62.5 Å².